The van der Waals surface area contributed by atoms with Gasteiger partial charge in [-0.15, -0.1) is 0 Å². The van der Waals surface area contributed by atoms with E-state index in [0.29, 0.717) is 12.1 Å². The Bertz CT molecular complexity index is 564. The van der Waals surface area contributed by atoms with Crippen LogP contribution in [0, 0.1) is 0 Å². The van der Waals surface area contributed by atoms with Crippen LogP contribution in [0.1, 0.15) is 30.1 Å². The normalized spacial score (nSPS) is 27.0. The fourth-order valence-corrected chi connectivity index (χ4v) is 2.98. The summed E-state index contributed by atoms with van der Waals surface area (Å²) in [6, 6.07) is 7.52. The van der Waals surface area contributed by atoms with Crippen molar-refractivity contribution in [1.82, 2.24) is 15.3 Å². The van der Waals surface area contributed by atoms with Crippen molar-refractivity contribution < 1.29 is 0 Å². The standard InChI is InChI=1S/C13H13N3/c1-2-8-6-10-11-4-3-9(15-11)7-12(10)16-13(8)14-5-1/h1-2,5-6,9,11,15H,3-4,7H2. The Balaban J connectivity index is 1.99. The van der Waals surface area contributed by atoms with Gasteiger partial charge in [0.25, 0.3) is 0 Å². The molecule has 4 rings (SSSR count). The third kappa shape index (κ3) is 1.12. The molecule has 0 saturated carbocycles. The molecule has 3 nitrogen and oxygen atoms in total. The average molecular weight is 211 g/mol. The molecule has 2 atom stereocenters. The molecule has 4 heterocycles. The molecule has 1 fully saturated rings. The summed E-state index contributed by atoms with van der Waals surface area (Å²) < 4.78 is 0. The maximum atomic E-state index is 4.71. The first-order valence-corrected chi connectivity index (χ1v) is 5.91. The predicted octanol–water partition coefficient (Wildman–Crippen LogP) is 1.98. The summed E-state index contributed by atoms with van der Waals surface area (Å²) >= 11 is 0. The molecule has 0 amide bonds. The molecule has 2 aliphatic heterocycles. The highest BCUT2D eigenvalue weighted by atomic mass is 15.0. The van der Waals surface area contributed by atoms with E-state index in [0.717, 1.165) is 17.5 Å². The lowest BCUT2D eigenvalue weighted by Crippen LogP contribution is -2.32. The SMILES string of the molecule is c1cnc2nc3c(cc2c1)C1CCC(C3)N1. The van der Waals surface area contributed by atoms with E-state index in [2.05, 4.69) is 22.4 Å². The summed E-state index contributed by atoms with van der Waals surface area (Å²) in [4.78, 5) is 9.03. The quantitative estimate of drug-likeness (QED) is 0.724. The first kappa shape index (κ1) is 8.65. The largest absolute Gasteiger partial charge is 0.307 e. The van der Waals surface area contributed by atoms with Gasteiger partial charge in [-0.05, 0) is 36.6 Å². The highest BCUT2D eigenvalue weighted by Gasteiger charge is 2.33. The summed E-state index contributed by atoms with van der Waals surface area (Å²) in [5.74, 6) is 0. The van der Waals surface area contributed by atoms with Gasteiger partial charge in [-0.2, -0.15) is 0 Å². The van der Waals surface area contributed by atoms with Crippen molar-refractivity contribution in [2.24, 2.45) is 0 Å². The molecule has 0 aromatic carbocycles. The molecule has 16 heavy (non-hydrogen) atoms. The van der Waals surface area contributed by atoms with Gasteiger partial charge in [0.15, 0.2) is 5.65 Å². The molecule has 2 unspecified atom stereocenters. The summed E-state index contributed by atoms with van der Waals surface area (Å²) in [5, 5.41) is 4.81. The molecule has 1 N–H and O–H groups in total. The molecule has 1 saturated heterocycles. The number of nitrogens with one attached hydrogen (secondary N) is 1. The van der Waals surface area contributed by atoms with Gasteiger partial charge in [-0.1, -0.05) is 0 Å². The van der Waals surface area contributed by atoms with E-state index < -0.39 is 0 Å². The number of nitrogens with zero attached hydrogens (tertiary/aromatic N) is 2. The van der Waals surface area contributed by atoms with Crippen molar-refractivity contribution in [3.05, 3.63) is 35.7 Å². The molecule has 2 aromatic rings. The predicted molar refractivity (Wildman–Crippen MR) is 62.1 cm³/mol. The lowest BCUT2D eigenvalue weighted by atomic mass is 9.99. The molecule has 80 valence electrons. The molecule has 2 aromatic heterocycles. The van der Waals surface area contributed by atoms with Crippen molar-refractivity contribution in [1.29, 1.82) is 0 Å². The highest BCUT2D eigenvalue weighted by Crippen LogP contribution is 2.35. The Morgan fingerprint density at radius 2 is 2.31 bits per heavy atom. The van der Waals surface area contributed by atoms with E-state index in [1.165, 1.54) is 24.1 Å². The maximum Gasteiger partial charge on any atom is 0.159 e. The van der Waals surface area contributed by atoms with Crippen LogP contribution in [0.5, 0.6) is 0 Å². The molecule has 2 aliphatic rings. The zero-order valence-electron chi connectivity index (χ0n) is 8.98. The molecule has 0 spiro atoms. The summed E-state index contributed by atoms with van der Waals surface area (Å²) in [6.07, 6.45) is 5.42. The van der Waals surface area contributed by atoms with Crippen LogP contribution in [-0.4, -0.2) is 16.0 Å². The average Bonchev–Trinajstić information content (AvgIpc) is 2.71. The first-order chi connectivity index (χ1) is 7.90. The number of aromatic nitrogens is 2. The van der Waals surface area contributed by atoms with Crippen molar-refractivity contribution in [2.45, 2.75) is 31.3 Å². The van der Waals surface area contributed by atoms with Crippen LogP contribution >= 0.6 is 0 Å². The Morgan fingerprint density at radius 3 is 3.31 bits per heavy atom. The maximum absolute atomic E-state index is 4.71. The molecular weight excluding hydrogens is 198 g/mol. The number of pyridine rings is 2. The van der Waals surface area contributed by atoms with Gasteiger partial charge >= 0.3 is 0 Å². The van der Waals surface area contributed by atoms with Gasteiger partial charge in [-0.3, -0.25) is 0 Å². The fourth-order valence-electron chi connectivity index (χ4n) is 2.98. The number of hydrogen-bond acceptors (Lipinski definition) is 3. The number of hydrogen-bond donors (Lipinski definition) is 1. The van der Waals surface area contributed by atoms with Crippen LogP contribution in [0.4, 0.5) is 0 Å². The molecule has 0 aliphatic carbocycles. The fraction of sp³-hybridized carbons (Fsp3) is 0.385. The van der Waals surface area contributed by atoms with Crippen LogP contribution in [-0.2, 0) is 6.42 Å². The molecular formula is C13H13N3. The highest BCUT2D eigenvalue weighted by molar-refractivity contribution is 5.75. The van der Waals surface area contributed by atoms with E-state index in [1.54, 1.807) is 0 Å². The molecule has 2 bridgehead atoms. The van der Waals surface area contributed by atoms with E-state index in [1.807, 2.05) is 12.3 Å². The minimum atomic E-state index is 0.533. The van der Waals surface area contributed by atoms with E-state index >= 15 is 0 Å². The second kappa shape index (κ2) is 3.01. The van der Waals surface area contributed by atoms with Gasteiger partial charge < -0.3 is 5.32 Å². The second-order valence-electron chi connectivity index (χ2n) is 4.77. The lowest BCUT2D eigenvalue weighted by molar-refractivity contribution is 0.508. The van der Waals surface area contributed by atoms with Crippen LogP contribution < -0.4 is 5.32 Å². The van der Waals surface area contributed by atoms with Gasteiger partial charge in [0, 0.05) is 35.8 Å². The van der Waals surface area contributed by atoms with Crippen molar-refractivity contribution >= 4 is 11.0 Å². The van der Waals surface area contributed by atoms with E-state index in [4.69, 9.17) is 4.98 Å². The van der Waals surface area contributed by atoms with E-state index in [-0.39, 0.29) is 0 Å². The third-order valence-corrected chi connectivity index (χ3v) is 3.76. The van der Waals surface area contributed by atoms with Crippen LogP contribution in [0.2, 0.25) is 0 Å². The van der Waals surface area contributed by atoms with Gasteiger partial charge in [0.05, 0.1) is 0 Å². The zero-order chi connectivity index (χ0) is 10.5. The lowest BCUT2D eigenvalue weighted by Gasteiger charge is -2.23. The van der Waals surface area contributed by atoms with Crippen molar-refractivity contribution in [3.63, 3.8) is 0 Å². The minimum absolute atomic E-state index is 0.533. The first-order valence-electron chi connectivity index (χ1n) is 5.91. The Hall–Kier alpha value is -1.48. The number of fused-ring (bicyclic) bond motifs is 5. The monoisotopic (exact) mass is 211 g/mol. The third-order valence-electron chi connectivity index (χ3n) is 3.76. The summed E-state index contributed by atoms with van der Waals surface area (Å²) in [7, 11) is 0. The van der Waals surface area contributed by atoms with Crippen molar-refractivity contribution in [3.8, 4) is 0 Å². The van der Waals surface area contributed by atoms with E-state index in [9.17, 15) is 0 Å². The minimum Gasteiger partial charge on any atom is -0.307 e. The Kier molecular flexibility index (Phi) is 1.63. The van der Waals surface area contributed by atoms with Gasteiger partial charge in [-0.25, -0.2) is 9.97 Å². The van der Waals surface area contributed by atoms with Crippen molar-refractivity contribution in [2.75, 3.05) is 0 Å². The van der Waals surface area contributed by atoms with Gasteiger partial charge in [0.1, 0.15) is 0 Å². The Morgan fingerprint density at radius 1 is 1.31 bits per heavy atom. The zero-order valence-corrected chi connectivity index (χ0v) is 8.98. The van der Waals surface area contributed by atoms with Crippen LogP contribution in [0.25, 0.3) is 11.0 Å². The molecule has 0 radical (unpaired) electrons. The Labute approximate surface area is 93.9 Å². The second-order valence-corrected chi connectivity index (χ2v) is 4.77. The van der Waals surface area contributed by atoms with Gasteiger partial charge in [0.2, 0.25) is 0 Å². The van der Waals surface area contributed by atoms with Crippen LogP contribution in [0.3, 0.4) is 0 Å². The molecule has 3 heteroatoms. The summed E-state index contributed by atoms with van der Waals surface area (Å²) in [6.45, 7) is 0. The number of rotatable bonds is 0. The smallest absolute Gasteiger partial charge is 0.159 e. The van der Waals surface area contributed by atoms with Crippen LogP contribution in [0.15, 0.2) is 24.4 Å². The summed E-state index contributed by atoms with van der Waals surface area (Å²) in [5.41, 5.74) is 3.55. The topological polar surface area (TPSA) is 37.8 Å².